The first-order chi connectivity index (χ1) is 8.58. The maximum absolute atomic E-state index is 13.3. The largest absolute Gasteiger partial charge is 0.452 e. The van der Waals surface area contributed by atoms with Gasteiger partial charge in [0.2, 0.25) is 5.22 Å². The van der Waals surface area contributed by atoms with Gasteiger partial charge in [-0.25, -0.2) is 8.78 Å². The highest BCUT2D eigenvalue weighted by atomic mass is 35.5. The fourth-order valence-electron chi connectivity index (χ4n) is 1.41. The molecule has 0 spiro atoms. The van der Waals surface area contributed by atoms with Crippen molar-refractivity contribution >= 4 is 17.5 Å². The summed E-state index contributed by atoms with van der Waals surface area (Å²) in [6.07, 6.45) is 1.26. The Kier molecular flexibility index (Phi) is 3.62. The van der Waals surface area contributed by atoms with E-state index in [1.54, 1.807) is 0 Å². The summed E-state index contributed by atoms with van der Waals surface area (Å²) in [5.41, 5.74) is 0.205. The Morgan fingerprint density at radius 2 is 2.11 bits per heavy atom. The summed E-state index contributed by atoms with van der Waals surface area (Å²) < 4.78 is 30.9. The highest BCUT2D eigenvalue weighted by Crippen LogP contribution is 2.16. The number of amides is 1. The molecule has 1 aromatic carbocycles. The van der Waals surface area contributed by atoms with Crippen molar-refractivity contribution in [2.45, 2.75) is 6.54 Å². The fraction of sp³-hybridized carbons (Fsp3) is 0.0833. The number of nitrogens with one attached hydrogen (secondary N) is 1. The number of furan rings is 1. The molecular formula is C12H8ClF2NO2. The number of hydrogen-bond donors (Lipinski definition) is 1. The van der Waals surface area contributed by atoms with Crippen LogP contribution in [-0.2, 0) is 6.54 Å². The molecule has 1 amide bonds. The molecule has 0 bridgehead atoms. The SMILES string of the molecule is O=C(NCc1cc(F)ccc1F)c1ccoc1Cl. The minimum Gasteiger partial charge on any atom is -0.452 e. The molecule has 6 heteroatoms. The molecular weight excluding hydrogens is 264 g/mol. The molecule has 0 aliphatic heterocycles. The smallest absolute Gasteiger partial charge is 0.256 e. The Bertz CT molecular complexity index is 583. The molecule has 0 fully saturated rings. The van der Waals surface area contributed by atoms with Crippen molar-refractivity contribution in [3.63, 3.8) is 0 Å². The first-order valence-electron chi connectivity index (χ1n) is 5.03. The molecule has 2 aromatic rings. The second-order valence-electron chi connectivity index (χ2n) is 3.53. The van der Waals surface area contributed by atoms with Crippen molar-refractivity contribution in [3.8, 4) is 0 Å². The summed E-state index contributed by atoms with van der Waals surface area (Å²) in [7, 11) is 0. The fourth-order valence-corrected chi connectivity index (χ4v) is 1.61. The summed E-state index contributed by atoms with van der Waals surface area (Å²) in [5, 5.41) is 2.37. The summed E-state index contributed by atoms with van der Waals surface area (Å²) in [6.45, 7) is -0.135. The molecule has 0 aliphatic rings. The number of hydrogen-bond acceptors (Lipinski definition) is 2. The van der Waals surface area contributed by atoms with Crippen LogP contribution in [0.1, 0.15) is 15.9 Å². The molecule has 0 unspecified atom stereocenters. The highest BCUT2D eigenvalue weighted by Gasteiger charge is 2.13. The van der Waals surface area contributed by atoms with Crippen molar-refractivity contribution in [1.82, 2.24) is 5.32 Å². The Balaban J connectivity index is 2.06. The minimum atomic E-state index is -0.588. The first kappa shape index (κ1) is 12.6. The van der Waals surface area contributed by atoms with Crippen molar-refractivity contribution in [2.24, 2.45) is 0 Å². The van der Waals surface area contributed by atoms with E-state index in [1.165, 1.54) is 12.3 Å². The van der Waals surface area contributed by atoms with E-state index in [0.29, 0.717) is 0 Å². The van der Waals surface area contributed by atoms with Crippen LogP contribution in [0.3, 0.4) is 0 Å². The van der Waals surface area contributed by atoms with Gasteiger partial charge in [-0.3, -0.25) is 4.79 Å². The summed E-state index contributed by atoms with van der Waals surface area (Å²) in [6, 6.07) is 4.42. The molecule has 1 heterocycles. The molecule has 1 aromatic heterocycles. The van der Waals surface area contributed by atoms with Crippen LogP contribution in [0.15, 0.2) is 34.9 Å². The van der Waals surface area contributed by atoms with Crippen LogP contribution in [0, 0.1) is 11.6 Å². The van der Waals surface area contributed by atoms with Crippen molar-refractivity contribution < 1.29 is 18.0 Å². The molecule has 0 saturated carbocycles. The van der Waals surface area contributed by atoms with Crippen LogP contribution < -0.4 is 5.32 Å². The number of carbonyl (C=O) groups excluding carboxylic acids is 1. The van der Waals surface area contributed by atoms with Crippen molar-refractivity contribution in [1.29, 1.82) is 0 Å². The third-order valence-corrected chi connectivity index (χ3v) is 2.60. The summed E-state index contributed by atoms with van der Waals surface area (Å²) >= 11 is 5.61. The van der Waals surface area contributed by atoms with E-state index in [4.69, 9.17) is 16.0 Å². The molecule has 0 radical (unpaired) electrons. The van der Waals surface area contributed by atoms with Crippen LogP contribution in [0.25, 0.3) is 0 Å². The van der Waals surface area contributed by atoms with Crippen LogP contribution in [0.4, 0.5) is 8.78 Å². The van der Waals surface area contributed by atoms with Gasteiger partial charge in [-0.05, 0) is 35.9 Å². The van der Waals surface area contributed by atoms with E-state index >= 15 is 0 Å². The summed E-state index contributed by atoms with van der Waals surface area (Å²) in [5.74, 6) is -1.67. The van der Waals surface area contributed by atoms with E-state index in [0.717, 1.165) is 18.2 Å². The Morgan fingerprint density at radius 1 is 1.33 bits per heavy atom. The lowest BCUT2D eigenvalue weighted by Gasteiger charge is -2.05. The van der Waals surface area contributed by atoms with E-state index < -0.39 is 17.5 Å². The predicted molar refractivity (Wildman–Crippen MR) is 61.2 cm³/mol. The molecule has 94 valence electrons. The minimum absolute atomic E-state index is 0.0489. The zero-order valence-electron chi connectivity index (χ0n) is 9.04. The van der Waals surface area contributed by atoms with Gasteiger partial charge >= 0.3 is 0 Å². The topological polar surface area (TPSA) is 42.2 Å². The lowest BCUT2D eigenvalue weighted by atomic mass is 10.2. The van der Waals surface area contributed by atoms with E-state index in [2.05, 4.69) is 5.32 Å². The van der Waals surface area contributed by atoms with Gasteiger partial charge in [0, 0.05) is 12.1 Å². The van der Waals surface area contributed by atoms with Gasteiger partial charge in [-0.1, -0.05) is 0 Å². The Morgan fingerprint density at radius 3 is 2.78 bits per heavy atom. The third kappa shape index (κ3) is 2.68. The molecule has 18 heavy (non-hydrogen) atoms. The van der Waals surface area contributed by atoms with E-state index in [1.807, 2.05) is 0 Å². The number of carbonyl (C=O) groups is 1. The van der Waals surface area contributed by atoms with Gasteiger partial charge < -0.3 is 9.73 Å². The van der Waals surface area contributed by atoms with Gasteiger partial charge in [0.1, 0.15) is 11.6 Å². The molecule has 0 atom stereocenters. The van der Waals surface area contributed by atoms with Gasteiger partial charge in [0.05, 0.1) is 11.8 Å². The molecule has 0 saturated heterocycles. The number of rotatable bonds is 3. The molecule has 1 N–H and O–H groups in total. The first-order valence-corrected chi connectivity index (χ1v) is 5.41. The van der Waals surface area contributed by atoms with Crippen LogP contribution in [0.5, 0.6) is 0 Å². The second-order valence-corrected chi connectivity index (χ2v) is 3.87. The average molecular weight is 272 g/mol. The zero-order valence-corrected chi connectivity index (χ0v) is 9.80. The third-order valence-electron chi connectivity index (χ3n) is 2.31. The van der Waals surface area contributed by atoms with E-state index in [-0.39, 0.29) is 22.9 Å². The van der Waals surface area contributed by atoms with Crippen LogP contribution in [0.2, 0.25) is 5.22 Å². The quantitative estimate of drug-likeness (QED) is 0.932. The normalized spacial score (nSPS) is 10.4. The average Bonchev–Trinajstić information content (AvgIpc) is 2.76. The van der Waals surface area contributed by atoms with E-state index in [9.17, 15) is 13.6 Å². The second kappa shape index (κ2) is 5.18. The zero-order chi connectivity index (χ0) is 13.1. The van der Waals surface area contributed by atoms with Gasteiger partial charge in [0.15, 0.2) is 0 Å². The maximum Gasteiger partial charge on any atom is 0.256 e. The van der Waals surface area contributed by atoms with Gasteiger partial charge in [-0.15, -0.1) is 0 Å². The standard InChI is InChI=1S/C12H8ClF2NO2/c13-11-9(3-4-18-11)12(17)16-6-7-5-8(14)1-2-10(7)15/h1-5H,6H2,(H,16,17). The number of halogens is 3. The van der Waals surface area contributed by atoms with Crippen molar-refractivity contribution in [2.75, 3.05) is 0 Å². The van der Waals surface area contributed by atoms with Crippen molar-refractivity contribution in [3.05, 3.63) is 58.5 Å². The summed E-state index contributed by atoms with van der Waals surface area (Å²) in [4.78, 5) is 11.6. The predicted octanol–water partition coefficient (Wildman–Crippen LogP) is 3.14. The maximum atomic E-state index is 13.3. The monoisotopic (exact) mass is 271 g/mol. The molecule has 3 nitrogen and oxygen atoms in total. The lowest BCUT2D eigenvalue weighted by Crippen LogP contribution is -2.23. The molecule has 2 rings (SSSR count). The van der Waals surface area contributed by atoms with Gasteiger partial charge in [0.25, 0.3) is 5.91 Å². The van der Waals surface area contributed by atoms with Crippen LogP contribution >= 0.6 is 11.6 Å². The van der Waals surface area contributed by atoms with Crippen LogP contribution in [-0.4, -0.2) is 5.91 Å². The number of benzene rings is 1. The molecule has 0 aliphatic carbocycles. The highest BCUT2D eigenvalue weighted by molar-refractivity contribution is 6.32. The Hall–Kier alpha value is -1.88. The van der Waals surface area contributed by atoms with Gasteiger partial charge in [-0.2, -0.15) is 0 Å². The Labute approximate surface area is 106 Å². The lowest BCUT2D eigenvalue weighted by molar-refractivity contribution is 0.0950.